The lowest BCUT2D eigenvalue weighted by atomic mass is 9.80. The number of carbonyl (C=O) groups is 6. The summed E-state index contributed by atoms with van der Waals surface area (Å²) in [6, 6.07) is -2.19. The molecule has 83 heavy (non-hydrogen) atoms. The minimum Gasteiger partial charge on any atom is -0.459 e. The van der Waals surface area contributed by atoms with Gasteiger partial charge in [-0.2, -0.15) is 0 Å². The average molecular weight is 1160 g/mol. The molecule has 0 radical (unpaired) electrons. The number of nitrogens with two attached hydrogens (primary N) is 1. The second-order valence-corrected chi connectivity index (χ2v) is 24.5. The molecular formula is C62H93N7O14. The lowest BCUT2D eigenvalue weighted by Gasteiger charge is -2.42. The summed E-state index contributed by atoms with van der Waals surface area (Å²) >= 11 is 0. The van der Waals surface area contributed by atoms with E-state index in [-0.39, 0.29) is 49.6 Å². The van der Waals surface area contributed by atoms with Crippen LogP contribution in [0.25, 0.3) is 0 Å². The fraction of sp³-hybridized carbons (Fsp3) is 0.710. The summed E-state index contributed by atoms with van der Waals surface area (Å²) in [6.45, 7) is 14.6. The van der Waals surface area contributed by atoms with Gasteiger partial charge in [-0.1, -0.05) is 64.2 Å². The summed E-state index contributed by atoms with van der Waals surface area (Å²) in [7, 11) is 5.21. The largest absolute Gasteiger partial charge is 0.459 e. The molecule has 2 amide bonds. The van der Waals surface area contributed by atoms with E-state index in [9.17, 15) is 44.1 Å². The van der Waals surface area contributed by atoms with Crippen molar-refractivity contribution in [2.24, 2.45) is 35.3 Å². The number of esters is 1. The number of piperazine rings is 1. The Morgan fingerprint density at radius 3 is 2.33 bits per heavy atom. The number of anilines is 1. The van der Waals surface area contributed by atoms with Gasteiger partial charge in [0.2, 0.25) is 11.7 Å². The van der Waals surface area contributed by atoms with Gasteiger partial charge < -0.3 is 64.3 Å². The molecule has 15 atom stereocenters. The number of carbonyl (C=O) groups excluding carboxylic acids is 6. The molecule has 4 fully saturated rings. The van der Waals surface area contributed by atoms with Crippen LogP contribution >= 0.6 is 0 Å². The van der Waals surface area contributed by atoms with Crippen molar-refractivity contribution in [3.05, 3.63) is 65.1 Å². The fourth-order valence-electron chi connectivity index (χ4n) is 12.6. The molecule has 21 heteroatoms. The SMILES string of the molecule is CO[C@H]1C[C@@H]2CC[C@@H](C)[C@@](O)(O2)C(=O)C(=O)N2CCCC[C@H]2C(=O)O[C@H]([C@H](N)C[C@@H]2CC[C@@H](OC(=O)N3CCc4nc(N5CCN(C)CC5)ncc4C3)[C@H](OC)C2)CC(=O)[C@H](C)/C=C(\C)[C@@H](O)[C@@H](O)C(=O)C(C)C[C@H](C)/C=C/C=C/C=C/1C. The number of Topliss-reactive ketones (excluding diaryl/α,β-unsaturated/α-hetero) is 3. The number of fused-ring (bicyclic) bond motifs is 4. The number of likely N-dealkylation sites (N-methyl/N-ethyl adjacent to an activating group) is 1. The lowest BCUT2D eigenvalue weighted by molar-refractivity contribution is -0.265. The molecule has 1 unspecified atom stereocenters. The van der Waals surface area contributed by atoms with Crippen LogP contribution in [0.4, 0.5) is 10.7 Å². The van der Waals surface area contributed by atoms with Crippen molar-refractivity contribution in [2.45, 2.75) is 192 Å². The predicted octanol–water partition coefficient (Wildman–Crippen LogP) is 4.96. The van der Waals surface area contributed by atoms with Gasteiger partial charge in [-0.15, -0.1) is 0 Å². The second kappa shape index (κ2) is 29.7. The standard InChI is InChI=1S/C62H93N7O14/c1-37-15-11-10-12-16-38(2)51(79-8)33-45-20-18-42(6)62(78,83-45)57(74)58(75)69-23-14-13-17-48(69)59(76)81-52(34-49(70)39(3)30-41(5)55(72)56(73)54(71)40(4)29-37)46(63)31-43-19-21-50(53(32-43)80-9)82-61(77)68-24-22-47-44(36-68)35-64-60(65-47)67-27-25-66(7)26-28-67/h10-12,15-16,30,35,37,39-40,42-43,45-46,48,50-53,55-56,72-73,78H,13-14,17-29,31-34,36,63H2,1-9H3/b12-10+,15-11+,38-16+,41-30+/t37-,39-,40?,42-,43+,45+,46-,48+,50-,51+,52+,53-,55-,56+,62-/m1/s1. The Bertz CT molecular complexity index is 2570. The maximum atomic E-state index is 14.6. The van der Waals surface area contributed by atoms with E-state index in [0.29, 0.717) is 76.8 Å². The zero-order valence-electron chi connectivity index (χ0n) is 50.4. The Hall–Kier alpha value is -5.26. The third-order valence-electron chi connectivity index (χ3n) is 18.2. The van der Waals surface area contributed by atoms with E-state index in [0.717, 1.165) is 47.9 Å². The Balaban J connectivity index is 1.08. The zero-order valence-corrected chi connectivity index (χ0v) is 50.4. The van der Waals surface area contributed by atoms with Crippen LogP contribution in [-0.4, -0.2) is 196 Å². The number of aliphatic hydroxyl groups excluding tert-OH is 2. The van der Waals surface area contributed by atoms with Gasteiger partial charge in [0.1, 0.15) is 36.2 Å². The van der Waals surface area contributed by atoms with Crippen molar-refractivity contribution in [3.8, 4) is 0 Å². The van der Waals surface area contributed by atoms with Crippen molar-refractivity contribution < 1.29 is 67.8 Å². The summed E-state index contributed by atoms with van der Waals surface area (Å²) in [5.74, 6) is -8.35. The van der Waals surface area contributed by atoms with Crippen LogP contribution in [0.2, 0.25) is 0 Å². The number of hydrogen-bond acceptors (Lipinski definition) is 19. The average Bonchev–Trinajstić information content (AvgIpc) is 3.32. The first-order chi connectivity index (χ1) is 39.5. The third-order valence-corrected chi connectivity index (χ3v) is 18.2. The molecule has 5 aliphatic heterocycles. The number of nitrogens with zero attached hydrogens (tertiary/aromatic N) is 6. The number of ketones is 3. The number of rotatable bonds is 7. The minimum atomic E-state index is -2.49. The molecule has 0 spiro atoms. The zero-order chi connectivity index (χ0) is 60.3. The van der Waals surface area contributed by atoms with Crippen LogP contribution in [0.1, 0.15) is 130 Å². The van der Waals surface area contributed by atoms with Crippen LogP contribution in [0, 0.1) is 29.6 Å². The van der Waals surface area contributed by atoms with E-state index in [2.05, 4.69) is 21.8 Å². The van der Waals surface area contributed by atoms with Gasteiger partial charge in [0.25, 0.3) is 11.7 Å². The number of ether oxygens (including phenoxy) is 5. The van der Waals surface area contributed by atoms with Crippen LogP contribution in [-0.2, 0) is 60.6 Å². The van der Waals surface area contributed by atoms with E-state index >= 15 is 0 Å². The first-order valence-electron chi connectivity index (χ1n) is 30.1. The molecule has 1 aromatic rings. The molecule has 460 valence electrons. The van der Waals surface area contributed by atoms with Gasteiger partial charge >= 0.3 is 12.1 Å². The Morgan fingerprint density at radius 1 is 0.855 bits per heavy atom. The normalized spacial score (nSPS) is 36.3. The second-order valence-electron chi connectivity index (χ2n) is 24.5. The number of hydrogen-bond donors (Lipinski definition) is 4. The molecule has 2 bridgehead atoms. The van der Waals surface area contributed by atoms with Crippen LogP contribution in [0.15, 0.2) is 53.8 Å². The van der Waals surface area contributed by atoms with Crippen LogP contribution in [0.3, 0.4) is 0 Å². The highest BCUT2D eigenvalue weighted by Gasteiger charge is 2.53. The molecular weight excluding hydrogens is 1070 g/mol. The van der Waals surface area contributed by atoms with E-state index < -0.39 is 114 Å². The van der Waals surface area contributed by atoms with Gasteiger partial charge in [0, 0.05) is 108 Å². The maximum Gasteiger partial charge on any atom is 0.410 e. The Morgan fingerprint density at radius 2 is 1.60 bits per heavy atom. The van der Waals surface area contributed by atoms with Gasteiger partial charge in [-0.05, 0) is 108 Å². The lowest BCUT2D eigenvalue weighted by Crippen LogP contribution is -2.61. The smallest absolute Gasteiger partial charge is 0.410 e. The van der Waals surface area contributed by atoms with Crippen molar-refractivity contribution in [3.63, 3.8) is 0 Å². The molecule has 1 saturated carbocycles. The van der Waals surface area contributed by atoms with Crippen LogP contribution in [0.5, 0.6) is 0 Å². The van der Waals surface area contributed by atoms with Crippen LogP contribution < -0.4 is 10.6 Å². The molecule has 0 aromatic carbocycles. The number of aliphatic hydroxyl groups is 3. The van der Waals surface area contributed by atoms with E-state index in [1.54, 1.807) is 46.1 Å². The number of allylic oxidation sites excluding steroid dienone is 6. The molecule has 6 aliphatic rings. The number of aromatic nitrogens is 2. The van der Waals surface area contributed by atoms with Crippen molar-refractivity contribution in [1.29, 1.82) is 0 Å². The third kappa shape index (κ3) is 16.6. The topological polar surface area (TPSA) is 274 Å². The molecule has 1 aliphatic carbocycles. The monoisotopic (exact) mass is 1160 g/mol. The quantitative estimate of drug-likeness (QED) is 0.160. The Kier molecular flexibility index (Phi) is 23.4. The Labute approximate surface area is 490 Å². The van der Waals surface area contributed by atoms with E-state index in [4.69, 9.17) is 34.4 Å². The minimum absolute atomic E-state index is 0.0194. The first-order valence-corrected chi connectivity index (χ1v) is 30.1. The fourth-order valence-corrected chi connectivity index (χ4v) is 12.6. The molecule has 7 rings (SSSR count). The molecule has 21 nitrogen and oxygen atoms in total. The van der Waals surface area contributed by atoms with Crippen molar-refractivity contribution >= 4 is 41.3 Å². The van der Waals surface area contributed by atoms with E-state index in [1.165, 1.54) is 13.0 Å². The summed E-state index contributed by atoms with van der Waals surface area (Å²) < 4.78 is 30.4. The number of piperidine rings is 1. The van der Waals surface area contributed by atoms with Gasteiger partial charge in [-0.3, -0.25) is 19.2 Å². The molecule has 1 aromatic heterocycles. The van der Waals surface area contributed by atoms with Gasteiger partial charge in [0.15, 0.2) is 5.78 Å². The highest BCUT2D eigenvalue weighted by Crippen LogP contribution is 2.38. The molecule has 5 N–H and O–H groups in total. The van der Waals surface area contributed by atoms with Gasteiger partial charge in [-0.25, -0.2) is 19.6 Å². The molecule has 6 heterocycles. The van der Waals surface area contributed by atoms with Crippen molar-refractivity contribution in [2.75, 3.05) is 65.4 Å². The first kappa shape index (κ1) is 65.3. The maximum absolute atomic E-state index is 14.6. The van der Waals surface area contributed by atoms with Gasteiger partial charge in [0.05, 0.1) is 30.6 Å². The highest BCUT2D eigenvalue weighted by molar-refractivity contribution is 6.39. The number of cyclic esters (lactones) is 1. The summed E-state index contributed by atoms with van der Waals surface area (Å²) in [4.78, 5) is 102. The number of amides is 2. The number of methoxy groups -OCH3 is 2. The predicted molar refractivity (Wildman–Crippen MR) is 309 cm³/mol. The molecule has 3 saturated heterocycles. The summed E-state index contributed by atoms with van der Waals surface area (Å²) in [5, 5.41) is 34.5. The van der Waals surface area contributed by atoms with Crippen molar-refractivity contribution in [1.82, 2.24) is 24.7 Å². The summed E-state index contributed by atoms with van der Waals surface area (Å²) in [6.07, 6.45) is 9.95. The highest BCUT2D eigenvalue weighted by atomic mass is 16.6. The van der Waals surface area contributed by atoms with E-state index in [1.807, 2.05) is 44.2 Å². The summed E-state index contributed by atoms with van der Waals surface area (Å²) in [5.41, 5.74) is 9.87.